The van der Waals surface area contributed by atoms with Gasteiger partial charge in [0, 0.05) is 18.4 Å². The Morgan fingerprint density at radius 2 is 1.80 bits per heavy atom. The molecule has 164 valence electrons. The predicted molar refractivity (Wildman–Crippen MR) is 107 cm³/mol. The molecule has 1 amide bonds. The first-order valence-electron chi connectivity index (χ1n) is 11.3. The van der Waals surface area contributed by atoms with Crippen molar-refractivity contribution in [3.05, 3.63) is 6.33 Å². The molecule has 5 saturated carbocycles. The van der Waals surface area contributed by atoms with E-state index in [1.807, 2.05) is 4.80 Å². The highest BCUT2D eigenvalue weighted by atomic mass is 16.4. The van der Waals surface area contributed by atoms with Gasteiger partial charge in [-0.2, -0.15) is 4.80 Å². The van der Waals surface area contributed by atoms with Crippen molar-refractivity contribution in [1.29, 1.82) is 0 Å². The third-order valence-corrected chi connectivity index (χ3v) is 8.30. The molecular weight excluding hydrogens is 384 g/mol. The second-order valence-electron chi connectivity index (χ2n) is 10.6. The summed E-state index contributed by atoms with van der Waals surface area (Å²) in [7, 11) is 0. The molecule has 6 fully saturated rings. The van der Waals surface area contributed by atoms with Gasteiger partial charge >= 0.3 is 0 Å². The van der Waals surface area contributed by atoms with Crippen LogP contribution in [0.1, 0.15) is 64.7 Å². The van der Waals surface area contributed by atoms with Gasteiger partial charge in [0.1, 0.15) is 0 Å². The summed E-state index contributed by atoms with van der Waals surface area (Å²) in [5, 5.41) is 27.1. The fourth-order valence-electron chi connectivity index (χ4n) is 7.52. The van der Waals surface area contributed by atoms with Crippen molar-refractivity contribution >= 4 is 11.9 Å². The van der Waals surface area contributed by atoms with Crippen LogP contribution in [-0.2, 0) is 15.1 Å². The molecule has 1 aliphatic heterocycles. The van der Waals surface area contributed by atoms with Crippen molar-refractivity contribution in [2.24, 2.45) is 23.2 Å². The normalized spacial score (nSPS) is 39.8. The maximum absolute atomic E-state index is 13.2. The molecule has 7 rings (SSSR count). The van der Waals surface area contributed by atoms with Crippen LogP contribution in [0.3, 0.4) is 0 Å². The number of amides is 1. The highest BCUT2D eigenvalue weighted by molar-refractivity contribution is 5.83. The van der Waals surface area contributed by atoms with Gasteiger partial charge in [0.05, 0.1) is 5.54 Å². The van der Waals surface area contributed by atoms with E-state index >= 15 is 0 Å². The van der Waals surface area contributed by atoms with Crippen LogP contribution < -0.4 is 10.6 Å². The van der Waals surface area contributed by atoms with Gasteiger partial charge in [-0.1, -0.05) is 0 Å². The summed E-state index contributed by atoms with van der Waals surface area (Å²) in [4.78, 5) is 24.0. The first-order valence-corrected chi connectivity index (χ1v) is 11.3. The van der Waals surface area contributed by atoms with Crippen molar-refractivity contribution in [1.82, 2.24) is 30.8 Å². The van der Waals surface area contributed by atoms with Crippen LogP contribution in [0.25, 0.3) is 0 Å². The summed E-state index contributed by atoms with van der Waals surface area (Å²) in [6.07, 6.45) is 11.9. The SMILES string of the molecule is CC(=O)O.O=C(NC12CC3CC(C1)CC(n1ncnn1)(C3)C2)C1CC12CCNCC2. The number of piperidine rings is 1. The molecule has 6 aliphatic rings. The van der Waals surface area contributed by atoms with Gasteiger partial charge in [0.2, 0.25) is 5.91 Å². The average molecular weight is 417 g/mol. The second-order valence-corrected chi connectivity index (χ2v) is 10.6. The third kappa shape index (κ3) is 3.40. The second kappa shape index (κ2) is 7.00. The zero-order valence-electron chi connectivity index (χ0n) is 17.6. The Balaban J connectivity index is 0.000000446. The number of tetrazole rings is 1. The van der Waals surface area contributed by atoms with E-state index in [4.69, 9.17) is 9.90 Å². The first kappa shape index (κ1) is 19.9. The van der Waals surface area contributed by atoms with Crippen LogP contribution in [0.4, 0.5) is 0 Å². The molecular formula is C21H32N6O3. The summed E-state index contributed by atoms with van der Waals surface area (Å²) in [6, 6.07) is 0. The molecule has 2 heterocycles. The number of carbonyl (C=O) groups excluding carboxylic acids is 1. The molecule has 4 bridgehead atoms. The van der Waals surface area contributed by atoms with Crippen LogP contribution in [-0.4, -0.2) is 55.8 Å². The van der Waals surface area contributed by atoms with Crippen LogP contribution in [0, 0.1) is 23.2 Å². The van der Waals surface area contributed by atoms with Crippen molar-refractivity contribution in [2.45, 2.75) is 75.8 Å². The van der Waals surface area contributed by atoms with E-state index in [0.29, 0.717) is 23.2 Å². The predicted octanol–water partition coefficient (Wildman–Crippen LogP) is 1.32. The van der Waals surface area contributed by atoms with Crippen molar-refractivity contribution < 1.29 is 14.7 Å². The van der Waals surface area contributed by atoms with Crippen molar-refractivity contribution in [2.75, 3.05) is 13.1 Å². The Morgan fingerprint density at radius 1 is 1.13 bits per heavy atom. The van der Waals surface area contributed by atoms with Gasteiger partial charge in [0.25, 0.3) is 5.97 Å². The highest BCUT2D eigenvalue weighted by Gasteiger charge is 2.63. The number of carboxylic acids is 1. The molecule has 3 N–H and O–H groups in total. The summed E-state index contributed by atoms with van der Waals surface area (Å²) in [5.41, 5.74) is 0.248. The number of nitrogens with zero attached hydrogens (tertiary/aromatic N) is 4. The number of rotatable bonds is 3. The Morgan fingerprint density at radius 3 is 2.40 bits per heavy atom. The van der Waals surface area contributed by atoms with Gasteiger partial charge in [-0.15, -0.1) is 10.2 Å². The lowest BCUT2D eigenvalue weighted by molar-refractivity contribution is -0.135. The number of carbonyl (C=O) groups is 2. The minimum atomic E-state index is -0.833. The van der Waals surface area contributed by atoms with Gasteiger partial charge in [0.15, 0.2) is 6.33 Å². The highest BCUT2D eigenvalue weighted by Crippen LogP contribution is 2.62. The lowest BCUT2D eigenvalue weighted by atomic mass is 9.50. The quantitative estimate of drug-likeness (QED) is 0.679. The van der Waals surface area contributed by atoms with E-state index < -0.39 is 5.97 Å². The van der Waals surface area contributed by atoms with Gasteiger partial charge in [-0.25, -0.2) is 0 Å². The number of nitrogens with one attached hydrogen (secondary N) is 2. The molecule has 0 radical (unpaired) electrons. The standard InChI is InChI=1S/C19H28N6O.C2H4O2/c26-16(15-10-17(15)1-3-20-4-2-17)23-18-6-13-5-14(7-18)9-19(8-13,11-18)25-22-12-21-24-25;1-2(3)4/h12-15,20H,1-11H2,(H,23,26);1H3,(H,3,4). The summed E-state index contributed by atoms with van der Waals surface area (Å²) >= 11 is 0. The fourth-order valence-corrected chi connectivity index (χ4v) is 7.52. The molecule has 1 aromatic rings. The Labute approximate surface area is 176 Å². The Hall–Kier alpha value is -2.03. The van der Waals surface area contributed by atoms with Crippen LogP contribution >= 0.6 is 0 Å². The molecule has 3 unspecified atom stereocenters. The smallest absolute Gasteiger partial charge is 0.300 e. The molecule has 5 aliphatic carbocycles. The molecule has 30 heavy (non-hydrogen) atoms. The van der Waals surface area contributed by atoms with E-state index in [2.05, 4.69) is 26.0 Å². The molecule has 1 spiro atoms. The number of aromatic nitrogens is 4. The molecule has 3 atom stereocenters. The minimum Gasteiger partial charge on any atom is -0.481 e. The van der Waals surface area contributed by atoms with E-state index in [-0.39, 0.29) is 17.0 Å². The number of hydrogen-bond donors (Lipinski definition) is 3. The van der Waals surface area contributed by atoms with E-state index in [1.165, 1.54) is 6.42 Å². The number of aliphatic carboxylic acids is 1. The lowest BCUT2D eigenvalue weighted by Crippen LogP contribution is -2.66. The topological polar surface area (TPSA) is 122 Å². The number of hydrogen-bond acceptors (Lipinski definition) is 6. The lowest BCUT2D eigenvalue weighted by Gasteiger charge is -2.61. The minimum absolute atomic E-state index is 0.0239. The average Bonchev–Trinajstić information content (AvgIpc) is 3.10. The molecule has 0 aromatic carbocycles. The van der Waals surface area contributed by atoms with Gasteiger partial charge in [-0.05, 0) is 93.3 Å². The number of carboxylic acid groups (broad SMARTS) is 1. The van der Waals surface area contributed by atoms with E-state index in [9.17, 15) is 4.79 Å². The largest absolute Gasteiger partial charge is 0.481 e. The van der Waals surface area contributed by atoms with Crippen LogP contribution in [0.2, 0.25) is 0 Å². The fraction of sp³-hybridized carbons (Fsp3) is 0.857. The maximum Gasteiger partial charge on any atom is 0.300 e. The summed E-state index contributed by atoms with van der Waals surface area (Å²) < 4.78 is 0. The first-order chi connectivity index (χ1) is 14.3. The molecule has 9 nitrogen and oxygen atoms in total. The Bertz CT molecular complexity index is 801. The van der Waals surface area contributed by atoms with Crippen LogP contribution in [0.15, 0.2) is 6.33 Å². The van der Waals surface area contributed by atoms with Gasteiger partial charge < -0.3 is 15.7 Å². The van der Waals surface area contributed by atoms with E-state index in [0.717, 1.165) is 71.4 Å². The maximum atomic E-state index is 13.2. The summed E-state index contributed by atoms with van der Waals surface area (Å²) in [5.74, 6) is 1.12. The zero-order chi connectivity index (χ0) is 21.0. The van der Waals surface area contributed by atoms with Crippen molar-refractivity contribution in [3.63, 3.8) is 0 Å². The van der Waals surface area contributed by atoms with Crippen molar-refractivity contribution in [3.8, 4) is 0 Å². The van der Waals surface area contributed by atoms with Gasteiger partial charge in [-0.3, -0.25) is 9.59 Å². The van der Waals surface area contributed by atoms with Crippen LogP contribution in [0.5, 0.6) is 0 Å². The molecule has 1 saturated heterocycles. The monoisotopic (exact) mass is 416 g/mol. The summed E-state index contributed by atoms with van der Waals surface area (Å²) in [6.45, 7) is 3.22. The molecule has 9 heteroatoms. The Kier molecular flexibility index (Phi) is 4.65. The van der Waals surface area contributed by atoms with E-state index in [1.54, 1.807) is 6.33 Å². The zero-order valence-corrected chi connectivity index (χ0v) is 17.6. The third-order valence-electron chi connectivity index (χ3n) is 8.30. The molecule has 1 aromatic heterocycles.